The van der Waals surface area contributed by atoms with E-state index in [2.05, 4.69) is 0 Å². The summed E-state index contributed by atoms with van der Waals surface area (Å²) in [6.07, 6.45) is -9.56. The molecule has 0 N–H and O–H groups in total. The zero-order valence-corrected chi connectivity index (χ0v) is 42.0. The van der Waals surface area contributed by atoms with Gasteiger partial charge in [-0.3, -0.25) is 14.5 Å². The summed E-state index contributed by atoms with van der Waals surface area (Å²) in [7, 11) is 3.14. The molecule has 3 saturated heterocycles. The largest absolute Gasteiger partial charge is 0.497 e. The molecule has 74 heavy (non-hydrogen) atoms. The lowest BCUT2D eigenvalue weighted by molar-refractivity contribution is -0.329. The minimum atomic E-state index is -1.19. The van der Waals surface area contributed by atoms with E-state index in [1.54, 1.807) is 38.5 Å². The number of rotatable bonds is 25. The molecule has 0 spiro atoms. The van der Waals surface area contributed by atoms with Crippen LogP contribution in [0.25, 0.3) is 0 Å². The molecular formula is C60H65NO13. The minimum Gasteiger partial charge on any atom is -0.497 e. The van der Waals surface area contributed by atoms with Gasteiger partial charge in [-0.15, -0.1) is 0 Å². The summed E-state index contributed by atoms with van der Waals surface area (Å²) in [5, 5.41) is 0. The number of nitrogens with zero attached hydrogens (tertiary/aromatic N) is 1. The Kier molecular flexibility index (Phi) is 18.8. The van der Waals surface area contributed by atoms with E-state index in [1.165, 1.54) is 4.90 Å². The van der Waals surface area contributed by atoms with Crippen LogP contribution in [0.4, 0.5) is 0 Å². The van der Waals surface area contributed by atoms with Gasteiger partial charge in [0, 0.05) is 25.5 Å². The van der Waals surface area contributed by atoms with E-state index in [1.807, 2.05) is 159 Å². The van der Waals surface area contributed by atoms with Crippen LogP contribution in [0.2, 0.25) is 0 Å². The van der Waals surface area contributed by atoms with Gasteiger partial charge in [0.25, 0.3) is 0 Å². The summed E-state index contributed by atoms with van der Waals surface area (Å²) in [5.74, 6) is -0.138. The lowest BCUT2D eigenvalue weighted by Crippen LogP contribution is -2.61. The Hall–Kier alpha value is -6.14. The van der Waals surface area contributed by atoms with E-state index in [0.717, 1.165) is 27.8 Å². The average molecular weight is 1010 g/mol. The van der Waals surface area contributed by atoms with E-state index in [0.29, 0.717) is 17.9 Å². The fraction of sp³-hybridized carbons (Fsp3) is 0.367. The van der Waals surface area contributed by atoms with Crippen molar-refractivity contribution in [2.24, 2.45) is 0 Å². The number of benzene rings is 6. The van der Waals surface area contributed by atoms with Crippen molar-refractivity contribution in [3.63, 3.8) is 0 Å². The van der Waals surface area contributed by atoms with Crippen molar-refractivity contribution in [1.29, 1.82) is 0 Å². The van der Waals surface area contributed by atoms with Gasteiger partial charge in [0.15, 0.2) is 18.8 Å². The van der Waals surface area contributed by atoms with E-state index >= 15 is 0 Å². The van der Waals surface area contributed by atoms with Gasteiger partial charge in [-0.05, 0) is 46.9 Å². The van der Waals surface area contributed by atoms with E-state index in [-0.39, 0.29) is 57.7 Å². The van der Waals surface area contributed by atoms with Gasteiger partial charge in [0.05, 0.1) is 52.9 Å². The number of imide groups is 1. The molecule has 14 heteroatoms. The second-order valence-corrected chi connectivity index (χ2v) is 18.5. The van der Waals surface area contributed by atoms with Crippen LogP contribution in [0.5, 0.6) is 5.75 Å². The van der Waals surface area contributed by atoms with Crippen molar-refractivity contribution in [2.45, 2.75) is 120 Å². The fourth-order valence-corrected chi connectivity index (χ4v) is 9.48. The maximum Gasteiger partial charge on any atom is 0.232 e. The van der Waals surface area contributed by atoms with Crippen LogP contribution < -0.4 is 4.74 Å². The molecule has 9 rings (SSSR count). The molecule has 3 fully saturated rings. The maximum atomic E-state index is 13.7. The van der Waals surface area contributed by atoms with Gasteiger partial charge < -0.3 is 52.1 Å². The predicted octanol–water partition coefficient (Wildman–Crippen LogP) is 9.29. The first-order valence-electron chi connectivity index (χ1n) is 25.2. The zero-order chi connectivity index (χ0) is 51.1. The monoisotopic (exact) mass is 1010 g/mol. The minimum absolute atomic E-state index is 0.0461. The topological polar surface area (TPSA) is 139 Å². The van der Waals surface area contributed by atoms with Gasteiger partial charge in [-0.2, -0.15) is 0 Å². The molecule has 3 aliphatic rings. The van der Waals surface area contributed by atoms with Gasteiger partial charge in [0.1, 0.15) is 48.5 Å². The molecule has 2 amide bonds. The Morgan fingerprint density at radius 1 is 0.486 bits per heavy atom. The quantitative estimate of drug-likeness (QED) is 0.0504. The van der Waals surface area contributed by atoms with Crippen LogP contribution >= 0.6 is 0 Å². The average Bonchev–Trinajstić information content (AvgIpc) is 3.98. The number of hydrogen-bond acceptors (Lipinski definition) is 13. The number of carbonyl (C=O) groups excluding carboxylic acids is 2. The smallest absolute Gasteiger partial charge is 0.232 e. The number of carbonyl (C=O) groups is 2. The third-order valence-electron chi connectivity index (χ3n) is 13.4. The molecule has 6 aromatic rings. The molecule has 11 atom stereocenters. The maximum absolute atomic E-state index is 13.7. The summed E-state index contributed by atoms with van der Waals surface area (Å²) < 4.78 is 73.4. The SMILES string of the molecule is COc1ccc(C(O[C@H]2[C@@H](OC[C@H]3O[C@H](OC)[C@H](OCc4ccccc4)[C@@H](OCc4ccccc4)[C@@H]3OCc3ccccc3)O[C@@H]([C@@H](C)OCc3ccccc3)[C@@H]2OCc2ccccc2)N2C(=O)CCC2=O)cc1. The van der Waals surface area contributed by atoms with Crippen molar-refractivity contribution in [3.05, 3.63) is 209 Å². The van der Waals surface area contributed by atoms with E-state index in [4.69, 9.17) is 52.1 Å². The number of amides is 2. The molecule has 3 heterocycles. The molecule has 388 valence electrons. The number of hydrogen-bond donors (Lipinski definition) is 0. The summed E-state index contributed by atoms with van der Waals surface area (Å²) in [6, 6.07) is 56.4. The lowest BCUT2D eigenvalue weighted by atomic mass is 9.97. The first-order chi connectivity index (χ1) is 36.3. The highest BCUT2D eigenvalue weighted by Gasteiger charge is 2.54. The Balaban J connectivity index is 1.07. The molecular weight excluding hydrogens is 943 g/mol. The first-order valence-corrected chi connectivity index (χ1v) is 25.2. The molecule has 1 unspecified atom stereocenters. The van der Waals surface area contributed by atoms with Crippen molar-refractivity contribution in [1.82, 2.24) is 4.90 Å². The molecule has 0 saturated carbocycles. The van der Waals surface area contributed by atoms with Gasteiger partial charge in [-0.25, -0.2) is 0 Å². The third kappa shape index (κ3) is 13.6. The Morgan fingerprint density at radius 2 is 0.932 bits per heavy atom. The zero-order valence-electron chi connectivity index (χ0n) is 42.0. The van der Waals surface area contributed by atoms with Crippen molar-refractivity contribution < 1.29 is 61.7 Å². The molecule has 0 aliphatic carbocycles. The third-order valence-corrected chi connectivity index (χ3v) is 13.4. The van der Waals surface area contributed by atoms with E-state index in [9.17, 15) is 9.59 Å². The molecule has 14 nitrogen and oxygen atoms in total. The van der Waals surface area contributed by atoms with Crippen molar-refractivity contribution in [2.75, 3.05) is 20.8 Å². The molecule has 0 aromatic heterocycles. The summed E-state index contributed by atoms with van der Waals surface area (Å²) >= 11 is 0. The predicted molar refractivity (Wildman–Crippen MR) is 273 cm³/mol. The van der Waals surface area contributed by atoms with Crippen LogP contribution in [0.15, 0.2) is 176 Å². The molecule has 0 bridgehead atoms. The number of ether oxygens (including phenoxy) is 11. The van der Waals surface area contributed by atoms with Crippen molar-refractivity contribution >= 4 is 11.8 Å². The highest BCUT2D eigenvalue weighted by atomic mass is 16.8. The number of methoxy groups -OCH3 is 2. The van der Waals surface area contributed by atoms with Crippen LogP contribution in [-0.4, -0.2) is 99.0 Å². The Labute approximate surface area is 433 Å². The summed E-state index contributed by atoms with van der Waals surface area (Å²) in [6.45, 7) is 3.01. The van der Waals surface area contributed by atoms with Crippen LogP contribution in [0, 0.1) is 0 Å². The fourth-order valence-electron chi connectivity index (χ4n) is 9.48. The van der Waals surface area contributed by atoms with Gasteiger partial charge in [0.2, 0.25) is 11.8 Å². The summed E-state index contributed by atoms with van der Waals surface area (Å²) in [4.78, 5) is 28.6. The molecule has 0 radical (unpaired) electrons. The van der Waals surface area contributed by atoms with E-state index < -0.39 is 67.6 Å². The Morgan fingerprint density at radius 3 is 1.41 bits per heavy atom. The summed E-state index contributed by atoms with van der Waals surface area (Å²) in [5.41, 5.74) is 5.30. The normalized spacial score (nSPS) is 24.7. The van der Waals surface area contributed by atoms with Crippen molar-refractivity contribution in [3.8, 4) is 5.75 Å². The van der Waals surface area contributed by atoms with Gasteiger partial charge >= 0.3 is 0 Å². The van der Waals surface area contributed by atoms with Crippen LogP contribution in [-0.2, 0) is 90.0 Å². The highest BCUT2D eigenvalue weighted by molar-refractivity contribution is 6.02. The molecule has 3 aliphatic heterocycles. The second-order valence-electron chi connectivity index (χ2n) is 18.5. The Bertz CT molecular complexity index is 2600. The second kappa shape index (κ2) is 26.4. The standard InChI is InChI=1S/C60H65NO13/c1-41(66-35-42-19-9-4-10-20-42)52-54(68-37-44-23-13-6-14-24-44)57(73-58(61-50(62)33-34-51(61)63)47-29-31-48(64-2)32-30-47)60(74-52)71-40-49-53(67-36-43-21-11-5-12-22-43)55(69-38-45-25-15-7-16-26-45)56(59(65-3)72-49)70-39-46-27-17-8-18-28-46/h4-32,41,49,52-60H,33-40H2,1-3H3/t41-,49-,52+,53-,54+,55+,56-,57-,58?,59+,60+/m1/s1. The number of likely N-dealkylation sites (tertiary alicyclic amines) is 1. The first kappa shape index (κ1) is 52.7. The van der Waals surface area contributed by atoms with Crippen LogP contribution in [0.1, 0.15) is 59.4 Å². The van der Waals surface area contributed by atoms with Gasteiger partial charge in [-0.1, -0.05) is 164 Å². The lowest BCUT2D eigenvalue weighted by Gasteiger charge is -2.45. The highest BCUT2D eigenvalue weighted by Crippen LogP contribution is 2.39. The van der Waals surface area contributed by atoms with Crippen LogP contribution in [0.3, 0.4) is 0 Å². The molecule has 6 aromatic carbocycles.